The topological polar surface area (TPSA) is 55.0 Å². The summed E-state index contributed by atoms with van der Waals surface area (Å²) < 4.78 is 0. The number of fused-ring (bicyclic) bond motifs is 1. The number of nitrogen functional groups attached to an aromatic ring is 1. The highest BCUT2D eigenvalue weighted by Crippen LogP contribution is 2.27. The van der Waals surface area contributed by atoms with Crippen molar-refractivity contribution in [2.75, 3.05) is 24.2 Å². The number of nitrogens with zero attached hydrogens (tertiary/aromatic N) is 3. The van der Waals surface area contributed by atoms with E-state index >= 15 is 0 Å². The van der Waals surface area contributed by atoms with Crippen LogP contribution in [0, 0.1) is 0 Å². The van der Waals surface area contributed by atoms with Crippen molar-refractivity contribution >= 4 is 22.3 Å². The molecule has 0 aliphatic carbocycles. The molecule has 3 rings (SSSR count). The predicted molar refractivity (Wildman–Crippen MR) is 87.4 cm³/mol. The number of aromatic nitrogens is 2. The minimum absolute atomic E-state index is 0.790. The molecule has 0 saturated carbocycles. The molecule has 0 aliphatic heterocycles. The van der Waals surface area contributed by atoms with Crippen molar-refractivity contribution in [3.05, 3.63) is 60.6 Å². The van der Waals surface area contributed by atoms with Crippen molar-refractivity contribution in [2.45, 2.75) is 6.42 Å². The molecule has 2 heterocycles. The largest absolute Gasteiger partial charge is 0.398 e. The Bertz CT molecular complexity index is 740. The first kappa shape index (κ1) is 13.4. The minimum atomic E-state index is 0.790. The Morgan fingerprint density at radius 3 is 2.62 bits per heavy atom. The quantitative estimate of drug-likeness (QED) is 0.746. The maximum absolute atomic E-state index is 6.04. The van der Waals surface area contributed by atoms with Crippen LogP contribution >= 0.6 is 0 Å². The van der Waals surface area contributed by atoms with Gasteiger partial charge in [0.25, 0.3) is 0 Å². The van der Waals surface area contributed by atoms with Gasteiger partial charge in [-0.1, -0.05) is 12.1 Å². The average Bonchev–Trinajstić information content (AvgIpc) is 2.53. The molecule has 106 valence electrons. The minimum Gasteiger partial charge on any atom is -0.398 e. The van der Waals surface area contributed by atoms with Gasteiger partial charge in [-0.25, -0.2) is 4.98 Å². The highest BCUT2D eigenvalue weighted by atomic mass is 15.2. The first-order valence-electron chi connectivity index (χ1n) is 6.99. The molecular formula is C17H18N4. The molecule has 0 atom stereocenters. The number of rotatable bonds is 4. The lowest BCUT2D eigenvalue weighted by Gasteiger charge is -2.20. The van der Waals surface area contributed by atoms with Gasteiger partial charge in [0, 0.05) is 48.6 Å². The Morgan fingerprint density at radius 2 is 1.81 bits per heavy atom. The summed E-state index contributed by atoms with van der Waals surface area (Å²) in [5.74, 6) is 0.967. The number of nitrogens with two attached hydrogens (primary N) is 1. The van der Waals surface area contributed by atoms with Crippen LogP contribution in [0.5, 0.6) is 0 Å². The van der Waals surface area contributed by atoms with Gasteiger partial charge < -0.3 is 10.6 Å². The van der Waals surface area contributed by atoms with E-state index in [-0.39, 0.29) is 0 Å². The van der Waals surface area contributed by atoms with Crippen molar-refractivity contribution in [3.8, 4) is 0 Å². The number of likely N-dealkylation sites (N-methyl/N-ethyl adjacent to an activating group) is 1. The van der Waals surface area contributed by atoms with Gasteiger partial charge in [0.15, 0.2) is 0 Å². The monoisotopic (exact) mass is 278 g/mol. The molecule has 0 bridgehead atoms. The summed E-state index contributed by atoms with van der Waals surface area (Å²) in [6.45, 7) is 0.894. The fraction of sp³-hybridized carbons (Fsp3) is 0.176. The number of anilines is 2. The summed E-state index contributed by atoms with van der Waals surface area (Å²) in [5.41, 5.74) is 8.10. The van der Waals surface area contributed by atoms with Gasteiger partial charge >= 0.3 is 0 Å². The second-order valence-electron chi connectivity index (χ2n) is 5.10. The zero-order valence-electron chi connectivity index (χ0n) is 12.0. The standard InChI is InChI=1S/C17H18N4/c1-21(12-8-13-5-9-19-10-6-13)17-15-3-2-4-16(18)14(15)7-11-20-17/h2-7,9-11H,8,12,18H2,1H3. The summed E-state index contributed by atoms with van der Waals surface area (Å²) in [6, 6.07) is 12.0. The molecule has 0 unspecified atom stereocenters. The third-order valence-electron chi connectivity index (χ3n) is 3.67. The summed E-state index contributed by atoms with van der Waals surface area (Å²) in [5, 5.41) is 2.15. The summed E-state index contributed by atoms with van der Waals surface area (Å²) in [7, 11) is 2.06. The summed E-state index contributed by atoms with van der Waals surface area (Å²) in [6.07, 6.45) is 6.43. The summed E-state index contributed by atoms with van der Waals surface area (Å²) in [4.78, 5) is 10.7. The first-order valence-corrected chi connectivity index (χ1v) is 6.99. The second-order valence-corrected chi connectivity index (χ2v) is 5.10. The van der Waals surface area contributed by atoms with E-state index in [9.17, 15) is 0 Å². The molecule has 0 saturated heterocycles. The van der Waals surface area contributed by atoms with Crippen molar-refractivity contribution in [3.63, 3.8) is 0 Å². The molecule has 21 heavy (non-hydrogen) atoms. The molecule has 2 N–H and O–H groups in total. The van der Waals surface area contributed by atoms with Crippen LogP contribution in [0.1, 0.15) is 5.56 Å². The Kier molecular flexibility index (Phi) is 3.69. The number of hydrogen-bond acceptors (Lipinski definition) is 4. The van der Waals surface area contributed by atoms with E-state index in [4.69, 9.17) is 5.73 Å². The highest BCUT2D eigenvalue weighted by Gasteiger charge is 2.08. The predicted octanol–water partition coefficient (Wildman–Crippen LogP) is 2.89. The first-order chi connectivity index (χ1) is 10.3. The van der Waals surface area contributed by atoms with Crippen molar-refractivity contribution in [1.82, 2.24) is 9.97 Å². The van der Waals surface area contributed by atoms with Crippen molar-refractivity contribution < 1.29 is 0 Å². The molecule has 0 aliphatic rings. The molecular weight excluding hydrogens is 260 g/mol. The highest BCUT2D eigenvalue weighted by molar-refractivity contribution is 5.99. The fourth-order valence-corrected chi connectivity index (χ4v) is 2.47. The Balaban J connectivity index is 1.85. The van der Waals surface area contributed by atoms with Gasteiger partial charge in [-0.3, -0.25) is 4.98 Å². The van der Waals surface area contributed by atoms with E-state index in [0.29, 0.717) is 0 Å². The lowest BCUT2D eigenvalue weighted by Crippen LogP contribution is -2.21. The third-order valence-corrected chi connectivity index (χ3v) is 3.67. The molecule has 0 radical (unpaired) electrons. The lowest BCUT2D eigenvalue weighted by atomic mass is 10.1. The van der Waals surface area contributed by atoms with Crippen LogP contribution in [0.3, 0.4) is 0 Å². The number of hydrogen-bond donors (Lipinski definition) is 1. The van der Waals surface area contributed by atoms with E-state index < -0.39 is 0 Å². The molecule has 0 fully saturated rings. The smallest absolute Gasteiger partial charge is 0.136 e. The van der Waals surface area contributed by atoms with Crippen LogP contribution in [0.4, 0.5) is 11.5 Å². The second kappa shape index (κ2) is 5.79. The maximum atomic E-state index is 6.04. The van der Waals surface area contributed by atoms with Crippen LogP contribution in [0.15, 0.2) is 55.0 Å². The molecule has 0 amide bonds. The molecule has 4 heteroatoms. The van der Waals surface area contributed by atoms with Gasteiger partial charge in [-0.2, -0.15) is 0 Å². The normalized spacial score (nSPS) is 10.7. The molecule has 3 aromatic rings. The van der Waals surface area contributed by atoms with E-state index in [1.165, 1.54) is 5.56 Å². The SMILES string of the molecule is CN(CCc1ccncc1)c1nccc2c(N)cccc12. The van der Waals surface area contributed by atoms with Crippen LogP contribution in [0.25, 0.3) is 10.8 Å². The maximum Gasteiger partial charge on any atom is 0.136 e. The zero-order valence-corrected chi connectivity index (χ0v) is 12.0. The van der Waals surface area contributed by atoms with E-state index in [2.05, 4.69) is 28.0 Å². The Morgan fingerprint density at radius 1 is 1.00 bits per heavy atom. The van der Waals surface area contributed by atoms with Gasteiger partial charge in [-0.15, -0.1) is 0 Å². The van der Waals surface area contributed by atoms with Gasteiger partial charge in [-0.05, 0) is 36.2 Å². The Hall–Kier alpha value is -2.62. The van der Waals surface area contributed by atoms with Gasteiger partial charge in [0.1, 0.15) is 5.82 Å². The molecule has 0 spiro atoms. The van der Waals surface area contributed by atoms with E-state index in [0.717, 1.165) is 35.2 Å². The molecule has 2 aromatic heterocycles. The van der Waals surface area contributed by atoms with E-state index in [1.807, 2.05) is 48.9 Å². The van der Waals surface area contributed by atoms with Crippen LogP contribution in [-0.4, -0.2) is 23.6 Å². The van der Waals surface area contributed by atoms with Crippen molar-refractivity contribution in [1.29, 1.82) is 0 Å². The van der Waals surface area contributed by atoms with Crippen LogP contribution in [-0.2, 0) is 6.42 Å². The molecule has 1 aromatic carbocycles. The zero-order chi connectivity index (χ0) is 14.7. The van der Waals surface area contributed by atoms with Crippen LogP contribution in [0.2, 0.25) is 0 Å². The Labute approximate surface area is 124 Å². The van der Waals surface area contributed by atoms with Gasteiger partial charge in [0.2, 0.25) is 0 Å². The van der Waals surface area contributed by atoms with Crippen LogP contribution < -0.4 is 10.6 Å². The number of benzene rings is 1. The van der Waals surface area contributed by atoms with Crippen molar-refractivity contribution in [2.24, 2.45) is 0 Å². The number of pyridine rings is 2. The van der Waals surface area contributed by atoms with E-state index in [1.54, 1.807) is 0 Å². The fourth-order valence-electron chi connectivity index (χ4n) is 2.47. The van der Waals surface area contributed by atoms with Gasteiger partial charge in [0.05, 0.1) is 0 Å². The summed E-state index contributed by atoms with van der Waals surface area (Å²) >= 11 is 0. The third kappa shape index (κ3) is 2.79. The lowest BCUT2D eigenvalue weighted by molar-refractivity contribution is 0.863. The average molecular weight is 278 g/mol. The molecule has 4 nitrogen and oxygen atoms in total.